The summed E-state index contributed by atoms with van der Waals surface area (Å²) >= 11 is 1.35. The van der Waals surface area contributed by atoms with Gasteiger partial charge in [0, 0.05) is 18.3 Å². The third-order valence-electron chi connectivity index (χ3n) is 5.16. The summed E-state index contributed by atoms with van der Waals surface area (Å²) < 4.78 is 5.20. The SMILES string of the molecule is COc1ccc(CN2C(=O)c3ccccc3C2SCC(=O)Nc2ccc(C(=O)O)cn2)cc1. The molecule has 4 rings (SSSR count). The molecule has 1 unspecified atom stereocenters. The van der Waals surface area contributed by atoms with E-state index >= 15 is 0 Å². The number of anilines is 1. The van der Waals surface area contributed by atoms with E-state index in [1.54, 1.807) is 18.1 Å². The normalized spacial score (nSPS) is 14.6. The predicted molar refractivity (Wildman–Crippen MR) is 124 cm³/mol. The number of carboxylic acids is 1. The highest BCUT2D eigenvalue weighted by atomic mass is 32.2. The van der Waals surface area contributed by atoms with Gasteiger partial charge in [-0.2, -0.15) is 0 Å². The maximum atomic E-state index is 13.1. The molecular formula is C24H21N3O5S. The van der Waals surface area contributed by atoms with Crippen LogP contribution in [0.25, 0.3) is 0 Å². The Morgan fingerprint density at radius 3 is 2.55 bits per heavy atom. The lowest BCUT2D eigenvalue weighted by atomic mass is 10.1. The number of fused-ring (bicyclic) bond motifs is 1. The zero-order chi connectivity index (χ0) is 23.4. The number of carbonyl (C=O) groups is 3. The van der Waals surface area contributed by atoms with Crippen molar-refractivity contribution in [3.63, 3.8) is 0 Å². The van der Waals surface area contributed by atoms with E-state index in [1.165, 1.54) is 30.1 Å². The second kappa shape index (κ2) is 9.74. The molecule has 0 radical (unpaired) electrons. The van der Waals surface area contributed by atoms with Crippen LogP contribution in [-0.4, -0.2) is 45.6 Å². The lowest BCUT2D eigenvalue weighted by molar-refractivity contribution is -0.113. The van der Waals surface area contributed by atoms with Gasteiger partial charge in [0.25, 0.3) is 5.91 Å². The first-order valence-corrected chi connectivity index (χ1v) is 11.1. The predicted octanol–water partition coefficient (Wildman–Crippen LogP) is 3.81. The van der Waals surface area contributed by atoms with Crippen LogP contribution in [-0.2, 0) is 11.3 Å². The molecule has 0 spiro atoms. The number of aromatic nitrogens is 1. The average molecular weight is 464 g/mol. The number of aromatic carboxylic acids is 1. The first-order chi connectivity index (χ1) is 16.0. The fourth-order valence-electron chi connectivity index (χ4n) is 3.53. The van der Waals surface area contributed by atoms with Gasteiger partial charge in [-0.3, -0.25) is 9.59 Å². The molecule has 168 valence electrons. The van der Waals surface area contributed by atoms with Crippen LogP contribution in [0.4, 0.5) is 5.82 Å². The molecule has 1 aliphatic heterocycles. The van der Waals surface area contributed by atoms with Gasteiger partial charge < -0.3 is 20.1 Å². The molecule has 2 amide bonds. The fraction of sp³-hybridized carbons (Fsp3) is 0.167. The van der Waals surface area contributed by atoms with Crippen LogP contribution < -0.4 is 10.1 Å². The minimum Gasteiger partial charge on any atom is -0.497 e. The van der Waals surface area contributed by atoms with E-state index in [-0.39, 0.29) is 34.3 Å². The summed E-state index contributed by atoms with van der Waals surface area (Å²) in [5.41, 5.74) is 2.50. The summed E-state index contributed by atoms with van der Waals surface area (Å²) in [4.78, 5) is 42.2. The van der Waals surface area contributed by atoms with Crippen LogP contribution in [0.3, 0.4) is 0 Å². The van der Waals surface area contributed by atoms with E-state index in [2.05, 4.69) is 10.3 Å². The number of methoxy groups -OCH3 is 1. The second-order valence-electron chi connectivity index (χ2n) is 7.32. The first-order valence-electron chi connectivity index (χ1n) is 10.1. The Kier molecular flexibility index (Phi) is 6.60. The van der Waals surface area contributed by atoms with E-state index < -0.39 is 5.97 Å². The lowest BCUT2D eigenvalue weighted by Gasteiger charge is -2.25. The second-order valence-corrected chi connectivity index (χ2v) is 8.39. The van der Waals surface area contributed by atoms with Crippen LogP contribution in [0.5, 0.6) is 5.75 Å². The standard InChI is InChI=1S/C24H21N3O5S/c1-32-17-9-6-15(7-10-17)13-27-22(29)18-4-2-3-5-19(18)23(27)33-14-21(28)26-20-11-8-16(12-25-20)24(30)31/h2-12,23H,13-14H2,1H3,(H,30,31)(H,25,26,28). The molecule has 0 saturated carbocycles. The van der Waals surface area contributed by atoms with Crippen LogP contribution in [0.15, 0.2) is 66.9 Å². The molecular weight excluding hydrogens is 442 g/mol. The maximum absolute atomic E-state index is 13.1. The number of carbonyl (C=O) groups excluding carboxylic acids is 2. The van der Waals surface area contributed by atoms with E-state index in [0.717, 1.165) is 16.9 Å². The molecule has 33 heavy (non-hydrogen) atoms. The highest BCUT2D eigenvalue weighted by Gasteiger charge is 2.37. The molecule has 2 N–H and O–H groups in total. The van der Waals surface area contributed by atoms with Gasteiger partial charge in [-0.25, -0.2) is 9.78 Å². The highest BCUT2D eigenvalue weighted by Crippen LogP contribution is 2.42. The van der Waals surface area contributed by atoms with Crippen LogP contribution in [0.2, 0.25) is 0 Å². The molecule has 2 aromatic carbocycles. The van der Waals surface area contributed by atoms with Crippen molar-refractivity contribution >= 4 is 35.4 Å². The number of rotatable bonds is 8. The van der Waals surface area contributed by atoms with E-state index in [4.69, 9.17) is 9.84 Å². The van der Waals surface area contributed by atoms with Gasteiger partial charge in [0.15, 0.2) is 0 Å². The first kappa shape index (κ1) is 22.3. The summed E-state index contributed by atoms with van der Waals surface area (Å²) in [5, 5.41) is 11.3. The van der Waals surface area contributed by atoms with Gasteiger partial charge in [-0.15, -0.1) is 11.8 Å². The third-order valence-corrected chi connectivity index (χ3v) is 6.42. The zero-order valence-corrected chi connectivity index (χ0v) is 18.5. The highest BCUT2D eigenvalue weighted by molar-refractivity contribution is 8.00. The van der Waals surface area contributed by atoms with Crippen molar-refractivity contribution in [1.29, 1.82) is 0 Å². The molecule has 9 heteroatoms. The maximum Gasteiger partial charge on any atom is 0.337 e. The summed E-state index contributed by atoms with van der Waals surface area (Å²) in [6.07, 6.45) is 1.19. The van der Waals surface area contributed by atoms with Gasteiger partial charge in [0.05, 0.1) is 18.4 Å². The lowest BCUT2D eigenvalue weighted by Crippen LogP contribution is -2.27. The minimum atomic E-state index is -1.09. The monoisotopic (exact) mass is 463 g/mol. The number of nitrogens with zero attached hydrogens (tertiary/aromatic N) is 2. The summed E-state index contributed by atoms with van der Waals surface area (Å²) in [6.45, 7) is 0.398. The number of amides is 2. The Balaban J connectivity index is 1.46. The van der Waals surface area contributed by atoms with E-state index in [1.807, 2.05) is 42.5 Å². The van der Waals surface area contributed by atoms with E-state index in [0.29, 0.717) is 12.1 Å². The molecule has 0 saturated heterocycles. The number of hydrogen-bond donors (Lipinski definition) is 2. The molecule has 1 aliphatic rings. The summed E-state index contributed by atoms with van der Waals surface area (Å²) in [5.74, 6) is -0.362. The molecule has 0 bridgehead atoms. The molecule has 3 aromatic rings. The number of hydrogen-bond acceptors (Lipinski definition) is 6. The van der Waals surface area contributed by atoms with Gasteiger partial charge >= 0.3 is 5.97 Å². The van der Waals surface area contributed by atoms with Gasteiger partial charge in [0.1, 0.15) is 16.9 Å². The van der Waals surface area contributed by atoms with Crippen molar-refractivity contribution in [2.75, 3.05) is 18.2 Å². The molecule has 8 nitrogen and oxygen atoms in total. The van der Waals surface area contributed by atoms with Crippen LogP contribution in [0, 0.1) is 0 Å². The minimum absolute atomic E-state index is 0.0395. The smallest absolute Gasteiger partial charge is 0.337 e. The van der Waals surface area contributed by atoms with Crippen molar-refractivity contribution in [3.05, 3.63) is 89.1 Å². The van der Waals surface area contributed by atoms with Crippen molar-refractivity contribution < 1.29 is 24.2 Å². The van der Waals surface area contributed by atoms with Crippen LogP contribution in [0.1, 0.15) is 37.2 Å². The number of ether oxygens (including phenoxy) is 1. The largest absolute Gasteiger partial charge is 0.497 e. The van der Waals surface area contributed by atoms with Gasteiger partial charge in [0.2, 0.25) is 5.91 Å². The quantitative estimate of drug-likeness (QED) is 0.523. The van der Waals surface area contributed by atoms with Gasteiger partial charge in [-0.1, -0.05) is 30.3 Å². The van der Waals surface area contributed by atoms with Crippen molar-refractivity contribution in [2.45, 2.75) is 11.9 Å². The van der Waals surface area contributed by atoms with Crippen molar-refractivity contribution in [2.24, 2.45) is 0 Å². The zero-order valence-electron chi connectivity index (χ0n) is 17.7. The van der Waals surface area contributed by atoms with Crippen molar-refractivity contribution in [1.82, 2.24) is 9.88 Å². The fourth-order valence-corrected chi connectivity index (χ4v) is 4.64. The van der Waals surface area contributed by atoms with Crippen molar-refractivity contribution in [3.8, 4) is 5.75 Å². The Hall–Kier alpha value is -3.85. The molecule has 2 heterocycles. The molecule has 0 aliphatic carbocycles. The number of benzene rings is 2. The van der Waals surface area contributed by atoms with Crippen LogP contribution >= 0.6 is 11.8 Å². The number of pyridine rings is 1. The van der Waals surface area contributed by atoms with E-state index in [9.17, 15) is 14.4 Å². The summed E-state index contributed by atoms with van der Waals surface area (Å²) in [7, 11) is 1.60. The number of nitrogens with one attached hydrogen (secondary N) is 1. The molecule has 0 fully saturated rings. The topological polar surface area (TPSA) is 109 Å². The Morgan fingerprint density at radius 2 is 1.88 bits per heavy atom. The van der Waals surface area contributed by atoms with Gasteiger partial charge in [-0.05, 0) is 41.5 Å². The Bertz CT molecular complexity index is 1180. The molecule has 1 aromatic heterocycles. The number of carboxylic acid groups (broad SMARTS) is 1. The average Bonchev–Trinajstić information content (AvgIpc) is 3.09. The summed E-state index contributed by atoms with van der Waals surface area (Å²) in [6, 6.07) is 17.8. The molecule has 1 atom stereocenters. The number of thioether (sulfide) groups is 1. The Morgan fingerprint density at radius 1 is 1.12 bits per heavy atom. The third kappa shape index (κ3) is 4.98. The Labute approximate surface area is 194 Å².